The van der Waals surface area contributed by atoms with Crippen molar-refractivity contribution < 1.29 is 13.3 Å². The number of nitrogens with one attached hydrogen (secondary N) is 1. The van der Waals surface area contributed by atoms with Crippen LogP contribution >= 0.6 is 11.6 Å². The maximum atomic E-state index is 13.1. The summed E-state index contributed by atoms with van der Waals surface area (Å²) >= 11 is 6.02. The summed E-state index contributed by atoms with van der Waals surface area (Å²) in [6, 6.07) is 3.75. The van der Waals surface area contributed by atoms with Crippen LogP contribution < -0.4 is 5.32 Å². The third-order valence-corrected chi connectivity index (χ3v) is 6.34. The van der Waals surface area contributed by atoms with Crippen molar-refractivity contribution in [2.75, 3.05) is 19.6 Å². The van der Waals surface area contributed by atoms with E-state index in [-0.39, 0.29) is 11.1 Å². The topological polar surface area (TPSA) is 92.6 Å². The average Bonchev–Trinajstić information content (AvgIpc) is 2.52. The summed E-state index contributed by atoms with van der Waals surface area (Å²) in [5.74, 6) is 0. The standard InChI is InChI=1S/C14H20ClN3O4S/c1-2-10-17(11-6-8-16-9-7-11)23(21,22)14-12(15)4-3-5-13(14)18(19)20/h3-5,11,16H,2,6-10H2,1H3. The maximum absolute atomic E-state index is 13.1. The number of rotatable bonds is 6. The van der Waals surface area contributed by atoms with Crippen LogP contribution in [0.1, 0.15) is 26.2 Å². The number of nitro benzene ring substituents is 1. The number of halogens is 1. The molecule has 7 nitrogen and oxygen atoms in total. The van der Waals surface area contributed by atoms with E-state index < -0.39 is 25.5 Å². The van der Waals surface area contributed by atoms with Gasteiger partial charge in [0.2, 0.25) is 0 Å². The zero-order valence-corrected chi connectivity index (χ0v) is 14.4. The van der Waals surface area contributed by atoms with Crippen LogP contribution in [0.3, 0.4) is 0 Å². The molecule has 1 aromatic carbocycles. The fourth-order valence-corrected chi connectivity index (χ4v) is 5.27. The van der Waals surface area contributed by atoms with Crippen LogP contribution in [0.5, 0.6) is 0 Å². The van der Waals surface area contributed by atoms with Crippen LogP contribution in [0.4, 0.5) is 5.69 Å². The lowest BCUT2D eigenvalue weighted by atomic mass is 10.1. The van der Waals surface area contributed by atoms with Gasteiger partial charge in [0.25, 0.3) is 15.7 Å². The molecule has 2 rings (SSSR count). The number of sulfonamides is 1. The fraction of sp³-hybridized carbons (Fsp3) is 0.571. The number of piperidine rings is 1. The zero-order valence-electron chi connectivity index (χ0n) is 12.9. The first-order chi connectivity index (χ1) is 10.9. The molecule has 0 aromatic heterocycles. The van der Waals surface area contributed by atoms with E-state index in [0.29, 0.717) is 25.8 Å². The molecule has 9 heteroatoms. The first-order valence-corrected chi connectivity index (χ1v) is 9.36. The molecule has 1 aliphatic rings. The Labute approximate surface area is 140 Å². The van der Waals surface area contributed by atoms with Gasteiger partial charge in [-0.3, -0.25) is 10.1 Å². The normalized spacial score (nSPS) is 16.7. The Morgan fingerprint density at radius 1 is 1.39 bits per heavy atom. The van der Waals surface area contributed by atoms with Gasteiger partial charge in [-0.05, 0) is 38.4 Å². The summed E-state index contributed by atoms with van der Waals surface area (Å²) in [6.45, 7) is 3.65. The second-order valence-corrected chi connectivity index (χ2v) is 7.68. The Balaban J connectivity index is 2.51. The first-order valence-electron chi connectivity index (χ1n) is 7.55. The fourth-order valence-electron chi connectivity index (χ4n) is 2.83. The Hall–Kier alpha value is -1.22. The van der Waals surface area contributed by atoms with Gasteiger partial charge in [0.15, 0.2) is 4.90 Å². The minimum atomic E-state index is -4.04. The second-order valence-electron chi connectivity index (χ2n) is 5.44. The van der Waals surface area contributed by atoms with E-state index in [1.807, 2.05) is 6.92 Å². The Morgan fingerprint density at radius 2 is 2.04 bits per heavy atom. The Kier molecular flexibility index (Phi) is 5.96. The molecule has 0 unspecified atom stereocenters. The van der Waals surface area contributed by atoms with Crippen molar-refractivity contribution in [1.82, 2.24) is 9.62 Å². The molecule has 1 heterocycles. The SMILES string of the molecule is CCCN(C1CCNCC1)S(=O)(=O)c1c(Cl)cccc1[N+](=O)[O-]. The van der Waals surface area contributed by atoms with Crippen LogP contribution in [0.15, 0.2) is 23.1 Å². The number of hydrogen-bond acceptors (Lipinski definition) is 5. The van der Waals surface area contributed by atoms with Gasteiger partial charge in [-0.15, -0.1) is 0 Å². The molecule has 128 valence electrons. The lowest BCUT2D eigenvalue weighted by Gasteiger charge is -2.33. The van der Waals surface area contributed by atoms with Crippen LogP contribution in [-0.4, -0.2) is 43.3 Å². The third-order valence-electron chi connectivity index (χ3n) is 3.87. The molecule has 0 spiro atoms. The van der Waals surface area contributed by atoms with Crippen LogP contribution in [0.2, 0.25) is 5.02 Å². The predicted molar refractivity (Wildman–Crippen MR) is 88.2 cm³/mol. The van der Waals surface area contributed by atoms with Crippen molar-refractivity contribution in [2.45, 2.75) is 37.1 Å². The van der Waals surface area contributed by atoms with E-state index in [4.69, 9.17) is 11.6 Å². The van der Waals surface area contributed by atoms with Crippen molar-refractivity contribution in [3.8, 4) is 0 Å². The molecule has 0 saturated carbocycles. The molecule has 23 heavy (non-hydrogen) atoms. The molecular weight excluding hydrogens is 342 g/mol. The van der Waals surface area contributed by atoms with Gasteiger partial charge >= 0.3 is 0 Å². The van der Waals surface area contributed by atoms with E-state index in [9.17, 15) is 18.5 Å². The Morgan fingerprint density at radius 3 is 2.61 bits per heavy atom. The molecule has 0 aliphatic carbocycles. The van der Waals surface area contributed by atoms with Crippen molar-refractivity contribution in [2.24, 2.45) is 0 Å². The third kappa shape index (κ3) is 3.82. The summed E-state index contributed by atoms with van der Waals surface area (Å²) in [6.07, 6.45) is 1.98. The molecule has 1 aromatic rings. The van der Waals surface area contributed by atoms with Crippen molar-refractivity contribution >= 4 is 27.3 Å². The summed E-state index contributed by atoms with van der Waals surface area (Å²) in [5, 5.41) is 14.3. The van der Waals surface area contributed by atoms with Crippen molar-refractivity contribution in [1.29, 1.82) is 0 Å². The highest BCUT2D eigenvalue weighted by atomic mass is 35.5. The van der Waals surface area contributed by atoms with Gasteiger partial charge in [-0.25, -0.2) is 8.42 Å². The summed E-state index contributed by atoms with van der Waals surface area (Å²) in [4.78, 5) is 10.1. The van der Waals surface area contributed by atoms with E-state index in [1.54, 1.807) is 0 Å². The lowest BCUT2D eigenvalue weighted by Crippen LogP contribution is -2.46. The van der Waals surface area contributed by atoms with Gasteiger partial charge in [0.05, 0.1) is 9.95 Å². The molecule has 0 radical (unpaired) electrons. The van der Waals surface area contributed by atoms with E-state index in [0.717, 1.165) is 13.1 Å². The number of nitrogens with zero attached hydrogens (tertiary/aromatic N) is 2. The van der Waals surface area contributed by atoms with E-state index in [1.165, 1.54) is 22.5 Å². The van der Waals surface area contributed by atoms with Gasteiger partial charge in [0, 0.05) is 18.7 Å². The monoisotopic (exact) mass is 361 g/mol. The van der Waals surface area contributed by atoms with E-state index >= 15 is 0 Å². The molecular formula is C14H20ClN3O4S. The molecule has 1 N–H and O–H groups in total. The highest BCUT2D eigenvalue weighted by Crippen LogP contribution is 2.34. The summed E-state index contributed by atoms with van der Waals surface area (Å²) in [7, 11) is -4.04. The smallest absolute Gasteiger partial charge is 0.290 e. The molecule has 1 fully saturated rings. The van der Waals surface area contributed by atoms with Crippen molar-refractivity contribution in [3.05, 3.63) is 33.3 Å². The highest BCUT2D eigenvalue weighted by molar-refractivity contribution is 7.89. The Bertz CT molecular complexity index is 675. The summed E-state index contributed by atoms with van der Waals surface area (Å²) in [5.41, 5.74) is -0.479. The molecule has 1 saturated heterocycles. The first kappa shape index (κ1) is 18.1. The van der Waals surface area contributed by atoms with Crippen LogP contribution in [0.25, 0.3) is 0 Å². The number of benzene rings is 1. The number of hydrogen-bond donors (Lipinski definition) is 1. The molecule has 0 atom stereocenters. The predicted octanol–water partition coefficient (Wildman–Crippen LogP) is 2.40. The zero-order chi connectivity index (χ0) is 17.0. The van der Waals surface area contributed by atoms with Gasteiger partial charge in [-0.2, -0.15) is 4.31 Å². The van der Waals surface area contributed by atoms with Crippen molar-refractivity contribution in [3.63, 3.8) is 0 Å². The quantitative estimate of drug-likeness (QED) is 0.620. The van der Waals surface area contributed by atoms with Crippen LogP contribution in [-0.2, 0) is 10.0 Å². The lowest BCUT2D eigenvalue weighted by molar-refractivity contribution is -0.387. The largest absolute Gasteiger partial charge is 0.317 e. The minimum absolute atomic E-state index is 0.116. The molecule has 0 amide bonds. The molecule has 0 bridgehead atoms. The van der Waals surface area contributed by atoms with Crippen LogP contribution in [0, 0.1) is 10.1 Å². The van der Waals surface area contributed by atoms with Gasteiger partial charge in [-0.1, -0.05) is 24.6 Å². The average molecular weight is 362 g/mol. The van der Waals surface area contributed by atoms with Gasteiger partial charge < -0.3 is 5.32 Å². The highest BCUT2D eigenvalue weighted by Gasteiger charge is 2.37. The summed E-state index contributed by atoms with van der Waals surface area (Å²) < 4.78 is 27.5. The van der Waals surface area contributed by atoms with Gasteiger partial charge in [0.1, 0.15) is 0 Å². The van der Waals surface area contributed by atoms with E-state index in [2.05, 4.69) is 5.32 Å². The minimum Gasteiger partial charge on any atom is -0.317 e. The maximum Gasteiger partial charge on any atom is 0.290 e. The molecule has 1 aliphatic heterocycles. The number of nitro groups is 1. The second kappa shape index (κ2) is 7.57.